The minimum atomic E-state index is -0.295. The highest BCUT2D eigenvalue weighted by Crippen LogP contribution is 2.38. The van der Waals surface area contributed by atoms with Crippen molar-refractivity contribution in [3.63, 3.8) is 0 Å². The zero-order chi connectivity index (χ0) is 20.7. The van der Waals surface area contributed by atoms with Crippen LogP contribution in [0.2, 0.25) is 5.02 Å². The average molecular weight is 429 g/mol. The van der Waals surface area contributed by atoms with Gasteiger partial charge >= 0.3 is 0 Å². The van der Waals surface area contributed by atoms with Gasteiger partial charge < -0.3 is 14.3 Å². The maximum atomic E-state index is 13.2. The molecule has 2 aliphatic heterocycles. The Morgan fingerprint density at radius 3 is 2.73 bits per heavy atom. The number of halogens is 1. The molecule has 8 heteroatoms. The molecule has 2 amide bonds. The van der Waals surface area contributed by atoms with Crippen molar-refractivity contribution in [1.82, 2.24) is 15.0 Å². The Kier molecular flexibility index (Phi) is 5.23. The van der Waals surface area contributed by atoms with Gasteiger partial charge in [0.05, 0.1) is 5.92 Å². The lowest BCUT2D eigenvalue weighted by atomic mass is 9.93. The van der Waals surface area contributed by atoms with Crippen LogP contribution < -0.4 is 4.90 Å². The van der Waals surface area contributed by atoms with E-state index in [1.54, 1.807) is 17.0 Å². The number of piperidine rings is 1. The summed E-state index contributed by atoms with van der Waals surface area (Å²) < 4.78 is 5.42. The van der Waals surface area contributed by atoms with Gasteiger partial charge in [0, 0.05) is 49.1 Å². The van der Waals surface area contributed by atoms with E-state index < -0.39 is 0 Å². The molecule has 3 fully saturated rings. The highest BCUT2D eigenvalue weighted by Gasteiger charge is 2.38. The zero-order valence-electron chi connectivity index (χ0n) is 16.8. The number of carbonyl (C=O) groups excluding carboxylic acids is 2. The van der Waals surface area contributed by atoms with Crippen molar-refractivity contribution in [3.05, 3.63) is 41.0 Å². The van der Waals surface area contributed by atoms with Gasteiger partial charge in [0.2, 0.25) is 17.7 Å². The van der Waals surface area contributed by atoms with Crippen molar-refractivity contribution in [3.8, 4) is 0 Å². The van der Waals surface area contributed by atoms with Crippen LogP contribution in [0.25, 0.3) is 0 Å². The standard InChI is InChI=1S/C22H25ClN4O3/c23-17-5-7-18(8-6-17)27-13-16(11-20(27)28)22(29)26-9-1-2-14(12-26)10-19-24-21(25-30-19)15-3-4-15/h5-8,14-16H,1-4,9-13H2. The summed E-state index contributed by atoms with van der Waals surface area (Å²) in [6.45, 7) is 1.86. The number of likely N-dealkylation sites (tertiary alicyclic amines) is 1. The zero-order valence-corrected chi connectivity index (χ0v) is 17.6. The molecular formula is C22H25ClN4O3. The molecule has 2 saturated heterocycles. The summed E-state index contributed by atoms with van der Waals surface area (Å²) in [5.41, 5.74) is 0.791. The quantitative estimate of drug-likeness (QED) is 0.728. The molecular weight excluding hydrogens is 404 g/mol. The van der Waals surface area contributed by atoms with E-state index in [4.69, 9.17) is 16.1 Å². The van der Waals surface area contributed by atoms with Crippen molar-refractivity contribution >= 4 is 29.1 Å². The second-order valence-electron chi connectivity index (χ2n) is 8.70. The molecule has 3 heterocycles. The van der Waals surface area contributed by atoms with Gasteiger partial charge in [-0.15, -0.1) is 0 Å². The van der Waals surface area contributed by atoms with E-state index in [0.29, 0.717) is 42.3 Å². The van der Waals surface area contributed by atoms with E-state index in [1.165, 1.54) is 0 Å². The summed E-state index contributed by atoms with van der Waals surface area (Å²) in [5.74, 6) is 2.09. The summed E-state index contributed by atoms with van der Waals surface area (Å²) in [5, 5.41) is 4.72. The van der Waals surface area contributed by atoms with Crippen molar-refractivity contribution < 1.29 is 14.1 Å². The number of anilines is 1. The normalized spacial score (nSPS) is 24.5. The molecule has 1 aliphatic carbocycles. The number of benzene rings is 1. The summed E-state index contributed by atoms with van der Waals surface area (Å²) in [7, 11) is 0. The topological polar surface area (TPSA) is 79.5 Å². The first-order valence-corrected chi connectivity index (χ1v) is 11.1. The second-order valence-corrected chi connectivity index (χ2v) is 9.14. The van der Waals surface area contributed by atoms with Crippen molar-refractivity contribution in [1.29, 1.82) is 0 Å². The molecule has 30 heavy (non-hydrogen) atoms. The minimum absolute atomic E-state index is 0.0114. The first-order valence-electron chi connectivity index (χ1n) is 10.7. The van der Waals surface area contributed by atoms with Crippen LogP contribution in [0.4, 0.5) is 5.69 Å². The molecule has 158 valence electrons. The van der Waals surface area contributed by atoms with Crippen molar-refractivity contribution in [2.24, 2.45) is 11.8 Å². The van der Waals surface area contributed by atoms with E-state index in [2.05, 4.69) is 10.1 Å². The molecule has 0 bridgehead atoms. The lowest BCUT2D eigenvalue weighted by Crippen LogP contribution is -2.44. The van der Waals surface area contributed by atoms with Gasteiger partial charge in [-0.05, 0) is 55.9 Å². The number of carbonyl (C=O) groups is 2. The molecule has 5 rings (SSSR count). The molecule has 0 spiro atoms. The SMILES string of the molecule is O=C(C1CC(=O)N(c2ccc(Cl)cc2)C1)N1CCCC(Cc2nc(C3CC3)no2)C1. The van der Waals surface area contributed by atoms with Crippen LogP contribution >= 0.6 is 11.6 Å². The Morgan fingerprint density at radius 1 is 1.17 bits per heavy atom. The fourth-order valence-electron chi connectivity index (χ4n) is 4.54. The van der Waals surface area contributed by atoms with Gasteiger partial charge in [0.1, 0.15) is 0 Å². The van der Waals surface area contributed by atoms with Crippen molar-refractivity contribution in [2.75, 3.05) is 24.5 Å². The molecule has 2 aromatic rings. The first-order chi connectivity index (χ1) is 14.6. The van der Waals surface area contributed by atoms with Gasteiger partial charge in [-0.3, -0.25) is 9.59 Å². The fourth-order valence-corrected chi connectivity index (χ4v) is 4.66. The van der Waals surface area contributed by atoms with Crippen LogP contribution in [0.15, 0.2) is 28.8 Å². The van der Waals surface area contributed by atoms with Gasteiger partial charge in [-0.1, -0.05) is 16.8 Å². The maximum Gasteiger partial charge on any atom is 0.228 e. The molecule has 1 aromatic carbocycles. The lowest BCUT2D eigenvalue weighted by Gasteiger charge is -2.33. The highest BCUT2D eigenvalue weighted by molar-refractivity contribution is 6.30. The Hall–Kier alpha value is -2.41. The molecule has 0 N–H and O–H groups in total. The van der Waals surface area contributed by atoms with E-state index in [9.17, 15) is 9.59 Å². The fraction of sp³-hybridized carbons (Fsp3) is 0.545. The van der Waals surface area contributed by atoms with E-state index >= 15 is 0 Å². The first kappa shape index (κ1) is 19.5. The minimum Gasteiger partial charge on any atom is -0.342 e. The Bertz CT molecular complexity index is 940. The van der Waals surface area contributed by atoms with Crippen LogP contribution in [-0.4, -0.2) is 46.5 Å². The third-order valence-electron chi connectivity index (χ3n) is 6.33. The highest BCUT2D eigenvalue weighted by atomic mass is 35.5. The number of hydrogen-bond donors (Lipinski definition) is 0. The molecule has 2 atom stereocenters. The van der Waals surface area contributed by atoms with Gasteiger partial charge in [-0.25, -0.2) is 0 Å². The van der Waals surface area contributed by atoms with Crippen molar-refractivity contribution in [2.45, 2.75) is 44.4 Å². The third-order valence-corrected chi connectivity index (χ3v) is 6.58. The number of nitrogens with zero attached hydrogens (tertiary/aromatic N) is 4. The molecule has 3 aliphatic rings. The van der Waals surface area contributed by atoms with Crippen LogP contribution in [0.5, 0.6) is 0 Å². The van der Waals surface area contributed by atoms with Crippen LogP contribution in [0.3, 0.4) is 0 Å². The molecule has 1 aromatic heterocycles. The van der Waals surface area contributed by atoms with Crippen LogP contribution in [-0.2, 0) is 16.0 Å². The van der Waals surface area contributed by atoms with E-state index in [0.717, 1.165) is 43.7 Å². The predicted octanol–water partition coefficient (Wildman–Crippen LogP) is 3.43. The summed E-state index contributed by atoms with van der Waals surface area (Å²) in [4.78, 5) is 33.8. The van der Waals surface area contributed by atoms with Crippen LogP contribution in [0.1, 0.15) is 49.7 Å². The monoisotopic (exact) mass is 428 g/mol. The Morgan fingerprint density at radius 2 is 1.97 bits per heavy atom. The van der Waals surface area contributed by atoms with E-state index in [-0.39, 0.29) is 24.2 Å². The average Bonchev–Trinajstić information content (AvgIpc) is 3.38. The number of rotatable bonds is 5. The summed E-state index contributed by atoms with van der Waals surface area (Å²) >= 11 is 5.95. The molecule has 2 unspecified atom stereocenters. The number of aromatic nitrogens is 2. The van der Waals surface area contributed by atoms with Gasteiger partial charge in [0.15, 0.2) is 5.82 Å². The molecule has 0 radical (unpaired) electrons. The number of hydrogen-bond acceptors (Lipinski definition) is 5. The second kappa shape index (κ2) is 8.02. The Balaban J connectivity index is 1.20. The summed E-state index contributed by atoms with van der Waals surface area (Å²) in [6, 6.07) is 7.18. The summed E-state index contributed by atoms with van der Waals surface area (Å²) in [6.07, 6.45) is 5.28. The van der Waals surface area contributed by atoms with Gasteiger partial charge in [0.25, 0.3) is 0 Å². The molecule has 7 nitrogen and oxygen atoms in total. The predicted molar refractivity (Wildman–Crippen MR) is 111 cm³/mol. The molecule has 1 saturated carbocycles. The lowest BCUT2D eigenvalue weighted by molar-refractivity contribution is -0.137. The maximum absolute atomic E-state index is 13.2. The largest absolute Gasteiger partial charge is 0.342 e. The third kappa shape index (κ3) is 4.08. The smallest absolute Gasteiger partial charge is 0.228 e. The van der Waals surface area contributed by atoms with E-state index in [1.807, 2.05) is 17.0 Å². The van der Waals surface area contributed by atoms with Gasteiger partial charge in [-0.2, -0.15) is 4.98 Å². The number of amides is 2. The Labute approximate surface area is 180 Å². The van der Waals surface area contributed by atoms with Crippen LogP contribution in [0, 0.1) is 11.8 Å².